The minimum Gasteiger partial charge on any atom is -0.342 e. The molecule has 0 heterocycles. The molecule has 0 spiro atoms. The first-order chi connectivity index (χ1) is 12.5. The minimum atomic E-state index is -1.30. The third kappa shape index (κ3) is 3.47. The summed E-state index contributed by atoms with van der Waals surface area (Å²) in [6, 6.07) is 16.7. The lowest BCUT2D eigenvalue weighted by atomic mass is 9.72. The van der Waals surface area contributed by atoms with Crippen molar-refractivity contribution in [1.29, 1.82) is 0 Å². The van der Waals surface area contributed by atoms with Gasteiger partial charge in [0.05, 0.1) is 6.04 Å². The van der Waals surface area contributed by atoms with Crippen molar-refractivity contribution in [2.45, 2.75) is 25.3 Å². The lowest BCUT2D eigenvalue weighted by Gasteiger charge is -2.34. The normalized spacial score (nSPS) is 22.7. The van der Waals surface area contributed by atoms with Crippen LogP contribution in [0.25, 0.3) is 0 Å². The second-order valence-corrected chi connectivity index (χ2v) is 6.45. The fourth-order valence-electron chi connectivity index (χ4n) is 3.41. The summed E-state index contributed by atoms with van der Waals surface area (Å²) in [5, 5.41) is 2.75. The van der Waals surface area contributed by atoms with Gasteiger partial charge in [0.1, 0.15) is 11.7 Å². The topological polar surface area (TPSA) is 80.3 Å². The standard InChI is InChI=1S/C21H19NO4/c1-13(23)18-17(24)12-16(14-8-4-2-5-9-14)19(20(18)25)22-21(26)15-10-6-3-7-11-15/h2-11,16,18-19H,12H2,1H3,(H,22,26)/t16-,18?,19-/m0/s1. The van der Waals surface area contributed by atoms with E-state index < -0.39 is 35.4 Å². The highest BCUT2D eigenvalue weighted by molar-refractivity contribution is 6.22. The van der Waals surface area contributed by atoms with Crippen LogP contribution >= 0.6 is 0 Å². The molecule has 0 bridgehead atoms. The fourth-order valence-corrected chi connectivity index (χ4v) is 3.41. The van der Waals surface area contributed by atoms with Crippen LogP contribution in [0, 0.1) is 5.92 Å². The third-order valence-electron chi connectivity index (χ3n) is 4.69. The Morgan fingerprint density at radius 1 is 0.923 bits per heavy atom. The summed E-state index contributed by atoms with van der Waals surface area (Å²) in [6.45, 7) is 1.24. The van der Waals surface area contributed by atoms with Crippen molar-refractivity contribution in [3.8, 4) is 0 Å². The number of Topliss-reactive ketones (excluding diaryl/α,β-unsaturated/α-hetero) is 3. The first-order valence-electron chi connectivity index (χ1n) is 8.47. The van der Waals surface area contributed by atoms with Gasteiger partial charge in [-0.05, 0) is 24.6 Å². The molecular weight excluding hydrogens is 330 g/mol. The third-order valence-corrected chi connectivity index (χ3v) is 4.69. The number of carbonyl (C=O) groups is 4. The van der Waals surface area contributed by atoms with Crippen LogP contribution in [0.15, 0.2) is 60.7 Å². The van der Waals surface area contributed by atoms with Gasteiger partial charge in [0.2, 0.25) is 0 Å². The van der Waals surface area contributed by atoms with Gasteiger partial charge in [-0.1, -0.05) is 48.5 Å². The molecule has 132 valence electrons. The summed E-state index contributed by atoms with van der Waals surface area (Å²) < 4.78 is 0. The van der Waals surface area contributed by atoms with E-state index in [0.717, 1.165) is 5.56 Å². The number of carbonyl (C=O) groups excluding carboxylic acids is 4. The van der Waals surface area contributed by atoms with Crippen molar-refractivity contribution in [3.63, 3.8) is 0 Å². The maximum Gasteiger partial charge on any atom is 0.251 e. The van der Waals surface area contributed by atoms with Gasteiger partial charge in [-0.15, -0.1) is 0 Å². The van der Waals surface area contributed by atoms with E-state index in [1.165, 1.54) is 6.92 Å². The van der Waals surface area contributed by atoms with Crippen LogP contribution in [-0.2, 0) is 14.4 Å². The van der Waals surface area contributed by atoms with Crippen molar-refractivity contribution in [3.05, 3.63) is 71.8 Å². The Hall–Kier alpha value is -3.08. The summed E-state index contributed by atoms with van der Waals surface area (Å²) in [5.41, 5.74) is 1.21. The SMILES string of the molecule is CC(=O)C1C(=O)C[C@@H](c2ccccc2)[C@H](NC(=O)c2ccccc2)C1=O. The van der Waals surface area contributed by atoms with Crippen LogP contribution < -0.4 is 5.32 Å². The quantitative estimate of drug-likeness (QED) is 0.859. The average Bonchev–Trinajstić information content (AvgIpc) is 2.65. The maximum atomic E-state index is 12.9. The predicted octanol–water partition coefficient (Wildman–Crippen LogP) is 2.32. The molecule has 1 fully saturated rings. The van der Waals surface area contributed by atoms with Crippen LogP contribution in [-0.4, -0.2) is 29.3 Å². The highest BCUT2D eigenvalue weighted by Crippen LogP contribution is 2.32. The van der Waals surface area contributed by atoms with Gasteiger partial charge in [0.25, 0.3) is 5.91 Å². The lowest BCUT2D eigenvalue weighted by molar-refractivity contribution is -0.143. The molecular formula is C21H19NO4. The Kier molecular flexibility index (Phi) is 5.07. The highest BCUT2D eigenvalue weighted by Gasteiger charge is 2.46. The maximum absolute atomic E-state index is 12.9. The van der Waals surface area contributed by atoms with Gasteiger partial charge in [-0.25, -0.2) is 0 Å². The van der Waals surface area contributed by atoms with Crippen molar-refractivity contribution >= 4 is 23.3 Å². The molecule has 0 saturated heterocycles. The highest BCUT2D eigenvalue weighted by atomic mass is 16.2. The van der Waals surface area contributed by atoms with Crippen molar-refractivity contribution in [2.75, 3.05) is 0 Å². The van der Waals surface area contributed by atoms with E-state index in [1.807, 2.05) is 30.3 Å². The average molecular weight is 349 g/mol. The molecule has 5 nitrogen and oxygen atoms in total. The van der Waals surface area contributed by atoms with Gasteiger partial charge < -0.3 is 5.32 Å². The lowest BCUT2D eigenvalue weighted by Crippen LogP contribution is -2.54. The van der Waals surface area contributed by atoms with Gasteiger partial charge in [0, 0.05) is 17.9 Å². The van der Waals surface area contributed by atoms with E-state index in [4.69, 9.17) is 0 Å². The number of ketones is 3. The zero-order valence-electron chi connectivity index (χ0n) is 14.3. The van der Waals surface area contributed by atoms with Gasteiger partial charge in [-0.3, -0.25) is 19.2 Å². The monoisotopic (exact) mass is 349 g/mol. The molecule has 2 aromatic rings. The number of hydrogen-bond donors (Lipinski definition) is 1. The molecule has 5 heteroatoms. The number of rotatable bonds is 4. The second-order valence-electron chi connectivity index (χ2n) is 6.45. The molecule has 1 unspecified atom stereocenters. The fraction of sp³-hybridized carbons (Fsp3) is 0.238. The molecule has 1 aliphatic rings. The van der Waals surface area contributed by atoms with Crippen molar-refractivity contribution in [2.24, 2.45) is 5.92 Å². The molecule has 26 heavy (non-hydrogen) atoms. The summed E-state index contributed by atoms with van der Waals surface area (Å²) in [4.78, 5) is 49.6. The largest absolute Gasteiger partial charge is 0.342 e. The number of amides is 1. The smallest absolute Gasteiger partial charge is 0.251 e. The molecule has 2 aromatic carbocycles. The molecule has 1 amide bonds. The Morgan fingerprint density at radius 2 is 1.50 bits per heavy atom. The van der Waals surface area contributed by atoms with E-state index in [9.17, 15) is 19.2 Å². The Morgan fingerprint density at radius 3 is 2.08 bits per heavy atom. The summed E-state index contributed by atoms with van der Waals surface area (Å²) in [7, 11) is 0. The molecule has 0 radical (unpaired) electrons. The first kappa shape index (κ1) is 17.7. The van der Waals surface area contributed by atoms with Crippen LogP contribution in [0.2, 0.25) is 0 Å². The van der Waals surface area contributed by atoms with Crippen LogP contribution in [0.4, 0.5) is 0 Å². The van der Waals surface area contributed by atoms with Gasteiger partial charge in [-0.2, -0.15) is 0 Å². The van der Waals surface area contributed by atoms with E-state index in [-0.39, 0.29) is 12.2 Å². The summed E-state index contributed by atoms with van der Waals surface area (Å²) in [6.07, 6.45) is 0.0414. The molecule has 1 aliphatic carbocycles. The van der Waals surface area contributed by atoms with Gasteiger partial charge in [0.15, 0.2) is 11.6 Å². The summed E-state index contributed by atoms with van der Waals surface area (Å²) >= 11 is 0. The molecule has 1 saturated carbocycles. The Labute approximate surface area is 151 Å². The first-order valence-corrected chi connectivity index (χ1v) is 8.47. The molecule has 1 N–H and O–H groups in total. The van der Waals surface area contributed by atoms with Crippen LogP contribution in [0.5, 0.6) is 0 Å². The Balaban J connectivity index is 1.95. The van der Waals surface area contributed by atoms with E-state index in [1.54, 1.807) is 30.3 Å². The molecule has 0 aliphatic heterocycles. The zero-order valence-corrected chi connectivity index (χ0v) is 14.3. The van der Waals surface area contributed by atoms with Crippen molar-refractivity contribution in [1.82, 2.24) is 5.32 Å². The van der Waals surface area contributed by atoms with E-state index >= 15 is 0 Å². The minimum absolute atomic E-state index is 0.0414. The van der Waals surface area contributed by atoms with Gasteiger partial charge >= 0.3 is 0 Å². The summed E-state index contributed by atoms with van der Waals surface area (Å²) in [5.74, 6) is -3.59. The molecule has 3 rings (SSSR count). The van der Waals surface area contributed by atoms with Crippen LogP contribution in [0.3, 0.4) is 0 Å². The van der Waals surface area contributed by atoms with E-state index in [0.29, 0.717) is 5.56 Å². The number of benzene rings is 2. The predicted molar refractivity (Wildman–Crippen MR) is 95.7 cm³/mol. The second kappa shape index (κ2) is 7.44. The van der Waals surface area contributed by atoms with E-state index in [2.05, 4.69) is 5.32 Å². The Bertz CT molecular complexity index is 845. The molecule has 0 aromatic heterocycles. The number of hydrogen-bond acceptors (Lipinski definition) is 4. The zero-order chi connectivity index (χ0) is 18.7. The number of nitrogens with one attached hydrogen (secondary N) is 1. The molecule has 3 atom stereocenters. The van der Waals surface area contributed by atoms with Crippen molar-refractivity contribution < 1.29 is 19.2 Å². The van der Waals surface area contributed by atoms with Crippen LogP contribution in [0.1, 0.15) is 35.2 Å².